The fourth-order valence-corrected chi connectivity index (χ4v) is 0.624. The lowest BCUT2D eigenvalue weighted by Gasteiger charge is -2.07. The molecule has 0 aliphatic heterocycles. The summed E-state index contributed by atoms with van der Waals surface area (Å²) in [6.07, 6.45) is -1.36. The maximum atomic E-state index is 10.7. The molecule has 0 spiro atoms. The Kier molecular flexibility index (Phi) is 9.03. The third-order valence-electron chi connectivity index (χ3n) is 1.15. The predicted molar refractivity (Wildman–Crippen MR) is 52.2 cm³/mol. The summed E-state index contributed by atoms with van der Waals surface area (Å²) in [6, 6.07) is 0. The summed E-state index contributed by atoms with van der Waals surface area (Å²) < 4.78 is 9.03. The zero-order chi connectivity index (χ0) is 12.2. The van der Waals surface area contributed by atoms with Crippen molar-refractivity contribution in [2.45, 2.75) is 13.8 Å². The molecule has 0 fully saturated rings. The van der Waals surface area contributed by atoms with Crippen LogP contribution in [-0.2, 0) is 19.1 Å². The molecule has 2 amide bonds. The summed E-state index contributed by atoms with van der Waals surface area (Å²) in [4.78, 5) is 30.7. The Hall–Kier alpha value is -1.54. The summed E-state index contributed by atoms with van der Waals surface area (Å²) in [7, 11) is 0. The van der Waals surface area contributed by atoms with E-state index in [-0.39, 0.29) is 26.4 Å². The monoisotopic (exact) mass is 236 g/mol. The summed E-state index contributed by atoms with van der Waals surface area (Å²) in [6.45, 7) is 3.99. The van der Waals surface area contributed by atoms with E-state index < -0.39 is 12.2 Å². The molecule has 0 unspecified atom stereocenters. The molecule has 0 aromatic heterocycles. The number of amides is 2. The average Bonchev–Trinajstić information content (AvgIpc) is 2.24. The van der Waals surface area contributed by atoms with E-state index in [2.05, 4.69) is 19.1 Å². The summed E-state index contributed by atoms with van der Waals surface area (Å²) in [5, 5.41) is 0. The molecule has 0 saturated carbocycles. The van der Waals surface area contributed by atoms with Crippen molar-refractivity contribution in [3.05, 3.63) is 0 Å². The fourth-order valence-electron chi connectivity index (χ4n) is 0.624. The first-order valence-electron chi connectivity index (χ1n) is 4.79. The highest BCUT2D eigenvalue weighted by atomic mass is 16.7. The Bertz CT molecular complexity index is 189. The van der Waals surface area contributed by atoms with Gasteiger partial charge in [0.25, 0.3) is 0 Å². The van der Waals surface area contributed by atoms with E-state index in [9.17, 15) is 9.59 Å². The van der Waals surface area contributed by atoms with Crippen molar-refractivity contribution in [3.8, 4) is 0 Å². The topological polar surface area (TPSA) is 95.1 Å². The number of carbonyl (C=O) groups is 2. The molecule has 94 valence electrons. The molecule has 0 heterocycles. The smallest absolute Gasteiger partial charge is 0.431 e. The zero-order valence-electron chi connectivity index (χ0n) is 9.28. The van der Waals surface area contributed by atoms with Crippen LogP contribution in [0.25, 0.3) is 0 Å². The minimum atomic E-state index is -0.680. The molecule has 0 aromatic rings. The van der Waals surface area contributed by atoms with Crippen molar-refractivity contribution >= 4 is 12.2 Å². The van der Waals surface area contributed by atoms with Gasteiger partial charge in [0, 0.05) is 0 Å². The van der Waals surface area contributed by atoms with Crippen LogP contribution in [0.5, 0.6) is 0 Å². The van der Waals surface area contributed by atoms with Crippen molar-refractivity contribution in [3.63, 3.8) is 0 Å². The number of hydrogen-bond acceptors (Lipinski definition) is 6. The van der Waals surface area contributed by atoms with Gasteiger partial charge in [-0.2, -0.15) is 11.0 Å². The van der Waals surface area contributed by atoms with Crippen molar-refractivity contribution < 1.29 is 28.7 Å². The van der Waals surface area contributed by atoms with Gasteiger partial charge in [-0.25, -0.2) is 9.59 Å². The first-order valence-corrected chi connectivity index (χ1v) is 4.79. The molecule has 0 atom stereocenters. The van der Waals surface area contributed by atoms with Gasteiger partial charge in [-0.3, -0.25) is 9.68 Å². The highest BCUT2D eigenvalue weighted by Gasteiger charge is 2.00. The molecule has 0 aliphatic rings. The molecular formula is C8H16N2O6. The molecular weight excluding hydrogens is 220 g/mol. The minimum absolute atomic E-state index is 0.0607. The van der Waals surface area contributed by atoms with E-state index in [4.69, 9.17) is 0 Å². The first kappa shape index (κ1) is 14.5. The normalized spacial score (nSPS) is 9.38. The van der Waals surface area contributed by atoms with E-state index in [0.717, 1.165) is 0 Å². The first-order chi connectivity index (χ1) is 7.70. The van der Waals surface area contributed by atoms with Gasteiger partial charge in [0.15, 0.2) is 0 Å². The average molecular weight is 236 g/mol. The van der Waals surface area contributed by atoms with E-state index in [1.54, 1.807) is 13.8 Å². The highest BCUT2D eigenvalue weighted by molar-refractivity contribution is 5.65. The lowest BCUT2D eigenvalue weighted by Crippen LogP contribution is -2.29. The Labute approximate surface area is 93.1 Å². The lowest BCUT2D eigenvalue weighted by molar-refractivity contribution is -0.0320. The Morgan fingerprint density at radius 1 is 0.875 bits per heavy atom. The molecule has 0 radical (unpaired) electrons. The van der Waals surface area contributed by atoms with Crippen LogP contribution in [0.4, 0.5) is 9.59 Å². The Balaban J connectivity index is 3.21. The van der Waals surface area contributed by atoms with Crippen molar-refractivity contribution in [2.75, 3.05) is 26.4 Å². The van der Waals surface area contributed by atoms with Crippen LogP contribution >= 0.6 is 0 Å². The third kappa shape index (κ3) is 9.03. The third-order valence-corrected chi connectivity index (χ3v) is 1.15. The quantitative estimate of drug-likeness (QED) is 0.489. The van der Waals surface area contributed by atoms with Crippen LogP contribution < -0.4 is 11.0 Å². The maximum absolute atomic E-state index is 10.7. The van der Waals surface area contributed by atoms with Gasteiger partial charge in [0.2, 0.25) is 0 Å². The molecule has 0 aromatic carbocycles. The fraction of sp³-hybridized carbons (Fsp3) is 0.750. The van der Waals surface area contributed by atoms with Crippen LogP contribution in [0.15, 0.2) is 0 Å². The van der Waals surface area contributed by atoms with Crippen LogP contribution in [-0.4, -0.2) is 38.6 Å². The second kappa shape index (κ2) is 9.99. The second-order valence-corrected chi connectivity index (χ2v) is 2.34. The number of hydroxylamine groups is 2. The molecule has 2 N–H and O–H groups in total. The molecule has 0 saturated heterocycles. The number of carbonyl (C=O) groups excluding carboxylic acids is 2. The molecule has 16 heavy (non-hydrogen) atoms. The second-order valence-electron chi connectivity index (χ2n) is 2.34. The number of rotatable bonds is 7. The molecule has 0 aliphatic carbocycles. The van der Waals surface area contributed by atoms with Gasteiger partial charge in [-0.05, 0) is 13.8 Å². The highest BCUT2D eigenvalue weighted by Crippen LogP contribution is 1.79. The van der Waals surface area contributed by atoms with E-state index in [1.165, 1.54) is 0 Å². The van der Waals surface area contributed by atoms with Gasteiger partial charge in [0.1, 0.15) is 13.2 Å². The van der Waals surface area contributed by atoms with Crippen LogP contribution in [0.2, 0.25) is 0 Å². The van der Waals surface area contributed by atoms with Gasteiger partial charge >= 0.3 is 12.2 Å². The number of hydrogen-bond donors (Lipinski definition) is 2. The summed E-state index contributed by atoms with van der Waals surface area (Å²) in [5.74, 6) is 0. The summed E-state index contributed by atoms with van der Waals surface area (Å²) in [5.41, 5.74) is 4.02. The zero-order valence-corrected chi connectivity index (χ0v) is 9.28. The van der Waals surface area contributed by atoms with Gasteiger partial charge in [0.05, 0.1) is 13.2 Å². The van der Waals surface area contributed by atoms with E-state index in [0.29, 0.717) is 0 Å². The number of nitrogens with one attached hydrogen (secondary N) is 2. The Morgan fingerprint density at radius 2 is 1.25 bits per heavy atom. The van der Waals surface area contributed by atoms with Crippen molar-refractivity contribution in [1.82, 2.24) is 11.0 Å². The molecule has 8 nitrogen and oxygen atoms in total. The van der Waals surface area contributed by atoms with Crippen LogP contribution in [0.3, 0.4) is 0 Å². The Morgan fingerprint density at radius 3 is 1.56 bits per heavy atom. The lowest BCUT2D eigenvalue weighted by atomic mass is 10.8. The molecule has 8 heteroatoms. The van der Waals surface area contributed by atoms with Gasteiger partial charge in [-0.15, -0.1) is 0 Å². The summed E-state index contributed by atoms with van der Waals surface area (Å²) >= 11 is 0. The maximum Gasteiger partial charge on any atom is 0.431 e. The van der Waals surface area contributed by atoms with Crippen LogP contribution in [0.1, 0.15) is 13.8 Å². The van der Waals surface area contributed by atoms with Crippen molar-refractivity contribution in [1.29, 1.82) is 0 Å². The van der Waals surface area contributed by atoms with E-state index in [1.807, 2.05) is 11.0 Å². The van der Waals surface area contributed by atoms with Gasteiger partial charge in [-0.1, -0.05) is 0 Å². The molecule has 0 rings (SSSR count). The number of ether oxygens (including phenoxy) is 2. The van der Waals surface area contributed by atoms with Crippen molar-refractivity contribution in [2.24, 2.45) is 0 Å². The van der Waals surface area contributed by atoms with Gasteiger partial charge < -0.3 is 9.47 Å². The molecule has 0 bridgehead atoms. The minimum Gasteiger partial charge on any atom is -0.448 e. The van der Waals surface area contributed by atoms with E-state index >= 15 is 0 Å². The SMILES string of the molecule is CCOC(=O)NOCCONC(=O)OCC. The standard InChI is InChI=1S/C8H16N2O6/c1-3-13-7(11)9-15-5-6-16-10-8(12)14-4-2/h3-6H2,1-2H3,(H,9,11)(H,10,12). The largest absolute Gasteiger partial charge is 0.448 e. The predicted octanol–water partition coefficient (Wildman–Crippen LogP) is 0.342. The van der Waals surface area contributed by atoms with Crippen LogP contribution in [0, 0.1) is 0 Å².